The lowest BCUT2D eigenvalue weighted by molar-refractivity contribution is -0.137. The molecule has 0 atom stereocenters. The Labute approximate surface area is 163 Å². The fourth-order valence-corrected chi connectivity index (χ4v) is 3.58. The van der Waals surface area contributed by atoms with Crippen molar-refractivity contribution in [3.05, 3.63) is 53.1 Å². The first-order chi connectivity index (χ1) is 13.2. The summed E-state index contributed by atoms with van der Waals surface area (Å²) in [7, 11) is 0. The Morgan fingerprint density at radius 3 is 2.32 bits per heavy atom. The number of nitrogens with zero attached hydrogens (tertiary/aromatic N) is 3. The number of aromatic nitrogens is 2. The van der Waals surface area contributed by atoms with E-state index in [1.54, 1.807) is 6.07 Å². The van der Waals surface area contributed by atoms with Gasteiger partial charge in [-0.2, -0.15) is 13.2 Å². The van der Waals surface area contributed by atoms with E-state index >= 15 is 0 Å². The SMILES string of the molecule is CCN(CC)CCn1c(-c2ccc(C)cc2C)nc2cc(C(F)(F)F)ccc21. The Bertz CT molecular complexity index is 969. The number of alkyl halides is 3. The minimum absolute atomic E-state index is 0.379. The highest BCUT2D eigenvalue weighted by Crippen LogP contribution is 2.33. The van der Waals surface area contributed by atoms with Crippen molar-refractivity contribution in [2.75, 3.05) is 19.6 Å². The highest BCUT2D eigenvalue weighted by molar-refractivity contribution is 5.82. The topological polar surface area (TPSA) is 21.1 Å². The number of aryl methyl sites for hydroxylation is 2. The summed E-state index contributed by atoms with van der Waals surface area (Å²) in [5.41, 5.74) is 3.61. The van der Waals surface area contributed by atoms with E-state index in [1.165, 1.54) is 0 Å². The molecule has 3 aromatic rings. The standard InChI is InChI=1S/C22H26F3N3/c1-5-27(6-2)11-12-28-20-10-8-17(22(23,24)25)14-19(20)26-21(28)18-9-7-15(3)13-16(18)4/h7-10,13-14H,5-6,11-12H2,1-4H3. The molecular formula is C22H26F3N3. The van der Waals surface area contributed by atoms with Crippen molar-refractivity contribution in [2.45, 2.75) is 40.4 Å². The van der Waals surface area contributed by atoms with Crippen molar-refractivity contribution in [2.24, 2.45) is 0 Å². The lowest BCUT2D eigenvalue weighted by Crippen LogP contribution is -2.27. The molecule has 0 aliphatic rings. The van der Waals surface area contributed by atoms with E-state index in [1.807, 2.05) is 30.5 Å². The lowest BCUT2D eigenvalue weighted by Gasteiger charge is -2.20. The van der Waals surface area contributed by atoms with Crippen LogP contribution in [0.1, 0.15) is 30.5 Å². The van der Waals surface area contributed by atoms with Gasteiger partial charge in [-0.3, -0.25) is 0 Å². The van der Waals surface area contributed by atoms with Crippen molar-refractivity contribution in [3.63, 3.8) is 0 Å². The Hall–Kier alpha value is -2.34. The number of halogens is 3. The molecule has 2 aromatic carbocycles. The summed E-state index contributed by atoms with van der Waals surface area (Å²) in [6.07, 6.45) is -4.38. The zero-order valence-corrected chi connectivity index (χ0v) is 16.8. The second-order valence-corrected chi connectivity index (χ2v) is 7.13. The molecule has 28 heavy (non-hydrogen) atoms. The highest BCUT2D eigenvalue weighted by Gasteiger charge is 2.31. The fraction of sp³-hybridized carbons (Fsp3) is 0.409. The molecule has 3 nitrogen and oxygen atoms in total. The van der Waals surface area contributed by atoms with E-state index < -0.39 is 11.7 Å². The largest absolute Gasteiger partial charge is 0.416 e. The molecule has 0 fully saturated rings. The van der Waals surface area contributed by atoms with Gasteiger partial charge < -0.3 is 9.47 Å². The summed E-state index contributed by atoms with van der Waals surface area (Å²) in [5, 5.41) is 0. The van der Waals surface area contributed by atoms with Crippen LogP contribution < -0.4 is 0 Å². The number of hydrogen-bond donors (Lipinski definition) is 0. The normalized spacial score (nSPS) is 12.3. The number of imidazole rings is 1. The van der Waals surface area contributed by atoms with E-state index in [9.17, 15) is 13.2 Å². The van der Waals surface area contributed by atoms with Gasteiger partial charge in [-0.1, -0.05) is 37.6 Å². The van der Waals surface area contributed by atoms with Crippen LogP contribution in [0.3, 0.4) is 0 Å². The van der Waals surface area contributed by atoms with Crippen molar-refractivity contribution in [3.8, 4) is 11.4 Å². The molecule has 0 aliphatic heterocycles. The van der Waals surface area contributed by atoms with Crippen LogP contribution >= 0.6 is 0 Å². The van der Waals surface area contributed by atoms with Crippen LogP contribution in [0, 0.1) is 13.8 Å². The minimum Gasteiger partial charge on any atom is -0.323 e. The van der Waals surface area contributed by atoms with E-state index in [4.69, 9.17) is 0 Å². The maximum atomic E-state index is 13.2. The van der Waals surface area contributed by atoms with E-state index in [-0.39, 0.29) is 0 Å². The molecule has 0 unspecified atom stereocenters. The Kier molecular flexibility index (Phi) is 5.79. The Balaban J connectivity index is 2.15. The zero-order chi connectivity index (χ0) is 20.5. The number of fused-ring (bicyclic) bond motifs is 1. The van der Waals surface area contributed by atoms with Gasteiger partial charge in [0.2, 0.25) is 0 Å². The molecule has 6 heteroatoms. The number of benzene rings is 2. The smallest absolute Gasteiger partial charge is 0.323 e. The average molecular weight is 389 g/mol. The van der Waals surface area contributed by atoms with Gasteiger partial charge in [-0.05, 0) is 50.7 Å². The summed E-state index contributed by atoms with van der Waals surface area (Å²) in [5.74, 6) is 0.721. The molecule has 0 bridgehead atoms. The van der Waals surface area contributed by atoms with E-state index in [0.29, 0.717) is 12.1 Å². The van der Waals surface area contributed by atoms with Gasteiger partial charge >= 0.3 is 6.18 Å². The number of likely N-dealkylation sites (N-methyl/N-ethyl adjacent to an activating group) is 1. The van der Waals surface area contributed by atoms with Crippen molar-refractivity contribution >= 4 is 11.0 Å². The summed E-state index contributed by atoms with van der Waals surface area (Å²) in [4.78, 5) is 6.91. The molecule has 3 rings (SSSR count). The van der Waals surface area contributed by atoms with Crippen molar-refractivity contribution < 1.29 is 13.2 Å². The number of rotatable bonds is 6. The molecule has 0 aliphatic carbocycles. The van der Waals surface area contributed by atoms with Gasteiger partial charge in [0, 0.05) is 18.7 Å². The third-order valence-corrected chi connectivity index (χ3v) is 5.23. The minimum atomic E-state index is -4.38. The first kappa shape index (κ1) is 20.4. The van der Waals surface area contributed by atoms with Crippen LogP contribution in [0.5, 0.6) is 0 Å². The van der Waals surface area contributed by atoms with Crippen LogP contribution in [0.15, 0.2) is 36.4 Å². The number of hydrogen-bond acceptors (Lipinski definition) is 2. The third-order valence-electron chi connectivity index (χ3n) is 5.23. The summed E-state index contributed by atoms with van der Waals surface area (Å²) in [6.45, 7) is 11.6. The second-order valence-electron chi connectivity index (χ2n) is 7.13. The molecule has 0 N–H and O–H groups in total. The summed E-state index contributed by atoms with van der Waals surface area (Å²) in [6, 6.07) is 9.92. The molecule has 0 spiro atoms. The Morgan fingerprint density at radius 1 is 1.00 bits per heavy atom. The van der Waals surface area contributed by atoms with Gasteiger partial charge in [0.25, 0.3) is 0 Å². The monoisotopic (exact) mass is 389 g/mol. The molecule has 0 saturated heterocycles. The molecule has 1 heterocycles. The predicted octanol–water partition coefficient (Wildman–Crippen LogP) is 5.68. The first-order valence-electron chi connectivity index (χ1n) is 9.62. The summed E-state index contributed by atoms with van der Waals surface area (Å²) >= 11 is 0. The van der Waals surface area contributed by atoms with Crippen LogP contribution in [-0.2, 0) is 12.7 Å². The van der Waals surface area contributed by atoms with Gasteiger partial charge in [0.05, 0.1) is 16.6 Å². The van der Waals surface area contributed by atoms with Crippen LogP contribution in [0.2, 0.25) is 0 Å². The molecule has 0 amide bonds. The van der Waals surface area contributed by atoms with Gasteiger partial charge in [-0.15, -0.1) is 0 Å². The third kappa shape index (κ3) is 4.07. The van der Waals surface area contributed by atoms with E-state index in [2.05, 4.69) is 29.8 Å². The molecule has 0 saturated carbocycles. The lowest BCUT2D eigenvalue weighted by atomic mass is 10.1. The molecule has 1 aromatic heterocycles. The highest BCUT2D eigenvalue weighted by atomic mass is 19.4. The van der Waals surface area contributed by atoms with Crippen LogP contribution in [0.4, 0.5) is 13.2 Å². The van der Waals surface area contributed by atoms with Gasteiger partial charge in [0.15, 0.2) is 0 Å². The molecule has 0 radical (unpaired) electrons. The quantitative estimate of drug-likeness (QED) is 0.541. The predicted molar refractivity (Wildman–Crippen MR) is 107 cm³/mol. The maximum Gasteiger partial charge on any atom is 0.416 e. The molecular weight excluding hydrogens is 363 g/mol. The molecule has 150 valence electrons. The van der Waals surface area contributed by atoms with Gasteiger partial charge in [-0.25, -0.2) is 4.98 Å². The zero-order valence-electron chi connectivity index (χ0n) is 16.8. The average Bonchev–Trinajstić information content (AvgIpc) is 2.99. The summed E-state index contributed by atoms with van der Waals surface area (Å²) < 4.78 is 41.5. The van der Waals surface area contributed by atoms with Crippen LogP contribution in [0.25, 0.3) is 22.4 Å². The Morgan fingerprint density at radius 2 is 1.71 bits per heavy atom. The van der Waals surface area contributed by atoms with Crippen molar-refractivity contribution in [1.29, 1.82) is 0 Å². The second kappa shape index (κ2) is 7.95. The van der Waals surface area contributed by atoms with E-state index in [0.717, 1.165) is 59.8 Å². The fourth-order valence-electron chi connectivity index (χ4n) is 3.58. The van der Waals surface area contributed by atoms with Crippen molar-refractivity contribution in [1.82, 2.24) is 14.5 Å². The van der Waals surface area contributed by atoms with Crippen LogP contribution in [-0.4, -0.2) is 34.1 Å². The first-order valence-corrected chi connectivity index (χ1v) is 9.62. The van der Waals surface area contributed by atoms with Gasteiger partial charge in [0.1, 0.15) is 5.82 Å². The maximum absolute atomic E-state index is 13.2.